The molecule has 3 nitrogen and oxygen atoms in total. The van der Waals surface area contributed by atoms with Crippen molar-refractivity contribution in [2.75, 3.05) is 0 Å². The zero-order valence-electron chi connectivity index (χ0n) is 11.2. The summed E-state index contributed by atoms with van der Waals surface area (Å²) in [6.07, 6.45) is 1.65. The number of carbonyl (C=O) groups excluding carboxylic acids is 1. The Labute approximate surface area is 113 Å². The van der Waals surface area contributed by atoms with Gasteiger partial charge in [-0.2, -0.15) is 10.5 Å². The summed E-state index contributed by atoms with van der Waals surface area (Å²) in [7, 11) is 0. The molecule has 0 fully saturated rings. The molecular weight excluding hydrogens is 236 g/mol. The van der Waals surface area contributed by atoms with Crippen LogP contribution in [0.3, 0.4) is 0 Å². The van der Waals surface area contributed by atoms with Gasteiger partial charge in [0.25, 0.3) is 0 Å². The molecule has 0 bridgehead atoms. The molecule has 19 heavy (non-hydrogen) atoms. The van der Waals surface area contributed by atoms with Gasteiger partial charge in [-0.3, -0.25) is 4.79 Å². The van der Waals surface area contributed by atoms with Gasteiger partial charge in [0.1, 0.15) is 17.7 Å². The van der Waals surface area contributed by atoms with E-state index in [1.807, 2.05) is 26.0 Å². The number of benzene rings is 1. The molecule has 0 radical (unpaired) electrons. The quantitative estimate of drug-likeness (QED) is 0.521. The summed E-state index contributed by atoms with van der Waals surface area (Å²) in [4.78, 5) is 12.1. The molecule has 0 amide bonds. The van der Waals surface area contributed by atoms with Gasteiger partial charge in [-0.25, -0.2) is 0 Å². The molecular formula is C16H14N2O. The fraction of sp³-hybridized carbons (Fsp3) is 0.188. The van der Waals surface area contributed by atoms with E-state index in [-0.39, 0.29) is 11.4 Å². The maximum Gasteiger partial charge on any atom is 0.194 e. The summed E-state index contributed by atoms with van der Waals surface area (Å²) in [5.41, 5.74) is 2.10. The molecule has 1 aromatic rings. The van der Waals surface area contributed by atoms with E-state index in [2.05, 4.69) is 0 Å². The van der Waals surface area contributed by atoms with Crippen LogP contribution in [0, 0.1) is 22.7 Å². The van der Waals surface area contributed by atoms with Gasteiger partial charge in [0.2, 0.25) is 0 Å². The van der Waals surface area contributed by atoms with E-state index in [0.29, 0.717) is 22.3 Å². The first-order valence-electron chi connectivity index (χ1n) is 6.09. The number of allylic oxidation sites excluding steroid dienone is 4. The summed E-state index contributed by atoms with van der Waals surface area (Å²) in [6.45, 7) is 5.73. The third-order valence-electron chi connectivity index (χ3n) is 2.72. The molecule has 1 aliphatic rings. The van der Waals surface area contributed by atoms with Gasteiger partial charge in [-0.1, -0.05) is 44.2 Å². The van der Waals surface area contributed by atoms with E-state index in [0.717, 1.165) is 0 Å². The second-order valence-corrected chi connectivity index (χ2v) is 3.55. The van der Waals surface area contributed by atoms with Crippen molar-refractivity contribution in [2.24, 2.45) is 0 Å². The van der Waals surface area contributed by atoms with Crippen LogP contribution in [0.15, 0.2) is 41.5 Å². The van der Waals surface area contributed by atoms with E-state index in [4.69, 9.17) is 10.5 Å². The normalized spacial score (nSPS) is 14.1. The van der Waals surface area contributed by atoms with Crippen molar-refractivity contribution in [3.05, 3.63) is 52.6 Å². The van der Waals surface area contributed by atoms with Gasteiger partial charge in [0.05, 0.1) is 0 Å². The molecule has 0 atom stereocenters. The highest BCUT2D eigenvalue weighted by Gasteiger charge is 2.31. The number of nitrogens with zero attached hydrogens (tertiary/aromatic N) is 2. The Morgan fingerprint density at radius 1 is 1.11 bits per heavy atom. The van der Waals surface area contributed by atoms with Crippen LogP contribution < -0.4 is 0 Å². The highest BCUT2D eigenvalue weighted by Crippen LogP contribution is 2.38. The molecule has 1 aliphatic carbocycles. The lowest BCUT2D eigenvalue weighted by molar-refractivity contribution is 0.104. The van der Waals surface area contributed by atoms with Crippen molar-refractivity contribution in [3.8, 4) is 12.1 Å². The van der Waals surface area contributed by atoms with Crippen molar-refractivity contribution >= 4 is 11.4 Å². The molecule has 2 rings (SSSR count). The van der Waals surface area contributed by atoms with Crippen molar-refractivity contribution in [1.29, 1.82) is 10.5 Å². The summed E-state index contributed by atoms with van der Waals surface area (Å²) in [6, 6.07) is 10.7. The van der Waals surface area contributed by atoms with Crippen LogP contribution in [-0.4, -0.2) is 5.78 Å². The highest BCUT2D eigenvalue weighted by molar-refractivity contribution is 6.27. The second-order valence-electron chi connectivity index (χ2n) is 3.55. The predicted molar refractivity (Wildman–Crippen MR) is 74.0 cm³/mol. The van der Waals surface area contributed by atoms with Gasteiger partial charge in [-0.05, 0) is 12.5 Å². The van der Waals surface area contributed by atoms with Gasteiger partial charge < -0.3 is 0 Å². The number of hydrogen-bond acceptors (Lipinski definition) is 3. The lowest BCUT2D eigenvalue weighted by Crippen LogP contribution is -1.94. The first kappa shape index (κ1) is 14.4. The van der Waals surface area contributed by atoms with Crippen LogP contribution in [0.5, 0.6) is 0 Å². The number of nitriles is 2. The fourth-order valence-corrected chi connectivity index (χ4v) is 1.98. The van der Waals surface area contributed by atoms with Crippen molar-refractivity contribution in [3.63, 3.8) is 0 Å². The van der Waals surface area contributed by atoms with Crippen LogP contribution >= 0.6 is 0 Å². The standard InChI is InChI=1S/C14H8N2O.C2H6/c1-2-10-13(9(7-15)8-16)11-5-3-4-6-12(11)14(10)17;1-2/h2-6H,1H3;1-2H3/b10-2-;. The Morgan fingerprint density at radius 3 is 2.11 bits per heavy atom. The molecule has 0 unspecified atom stereocenters. The first-order valence-corrected chi connectivity index (χ1v) is 6.09. The average Bonchev–Trinajstić information content (AvgIpc) is 2.76. The van der Waals surface area contributed by atoms with Gasteiger partial charge in [0.15, 0.2) is 5.78 Å². The van der Waals surface area contributed by atoms with E-state index in [1.165, 1.54) is 0 Å². The summed E-state index contributed by atoms with van der Waals surface area (Å²) in [5, 5.41) is 17.9. The zero-order valence-corrected chi connectivity index (χ0v) is 11.2. The summed E-state index contributed by atoms with van der Waals surface area (Å²) < 4.78 is 0. The summed E-state index contributed by atoms with van der Waals surface area (Å²) in [5.74, 6) is -0.124. The van der Waals surface area contributed by atoms with Gasteiger partial charge in [0, 0.05) is 16.7 Å². The molecule has 1 aromatic carbocycles. The third kappa shape index (κ3) is 2.32. The SMILES string of the molecule is C/C=C1\C(=O)c2ccccc2C1=C(C#N)C#N.CC. The smallest absolute Gasteiger partial charge is 0.194 e. The van der Waals surface area contributed by atoms with Crippen LogP contribution in [0.4, 0.5) is 0 Å². The molecule has 3 heteroatoms. The number of Topliss-reactive ketones (excluding diaryl/α,β-unsaturated/α-hetero) is 1. The number of hydrogen-bond donors (Lipinski definition) is 0. The number of fused-ring (bicyclic) bond motifs is 1. The van der Waals surface area contributed by atoms with Gasteiger partial charge >= 0.3 is 0 Å². The maximum absolute atomic E-state index is 12.1. The Kier molecular flexibility index (Phi) is 4.80. The molecule has 0 heterocycles. The zero-order chi connectivity index (χ0) is 14.4. The monoisotopic (exact) mass is 250 g/mol. The Morgan fingerprint density at radius 2 is 1.63 bits per heavy atom. The van der Waals surface area contributed by atoms with E-state index in [1.54, 1.807) is 37.3 Å². The lowest BCUT2D eigenvalue weighted by Gasteiger charge is -1.99. The molecule has 0 saturated carbocycles. The minimum Gasteiger partial charge on any atom is -0.289 e. The van der Waals surface area contributed by atoms with Crippen molar-refractivity contribution in [1.82, 2.24) is 0 Å². The summed E-state index contributed by atoms with van der Waals surface area (Å²) >= 11 is 0. The maximum atomic E-state index is 12.1. The largest absolute Gasteiger partial charge is 0.289 e. The number of rotatable bonds is 0. The third-order valence-corrected chi connectivity index (χ3v) is 2.72. The molecule has 0 N–H and O–H groups in total. The highest BCUT2D eigenvalue weighted by atomic mass is 16.1. The van der Waals surface area contributed by atoms with Crippen molar-refractivity contribution < 1.29 is 4.79 Å². The van der Waals surface area contributed by atoms with Gasteiger partial charge in [-0.15, -0.1) is 0 Å². The van der Waals surface area contributed by atoms with Crippen molar-refractivity contribution in [2.45, 2.75) is 20.8 Å². The second kappa shape index (κ2) is 6.33. The topological polar surface area (TPSA) is 64.7 Å². The van der Waals surface area contributed by atoms with E-state index < -0.39 is 0 Å². The molecule has 0 saturated heterocycles. The fourth-order valence-electron chi connectivity index (χ4n) is 1.98. The average molecular weight is 250 g/mol. The minimum atomic E-state index is -0.124. The predicted octanol–water partition coefficient (Wildman–Crippen LogP) is 3.66. The Balaban J connectivity index is 0.000000861. The van der Waals surface area contributed by atoms with E-state index in [9.17, 15) is 4.79 Å². The Hall–Kier alpha value is -2.65. The lowest BCUT2D eigenvalue weighted by atomic mass is 10.00. The van der Waals surface area contributed by atoms with Crippen LogP contribution in [0.1, 0.15) is 36.7 Å². The molecule has 0 spiro atoms. The van der Waals surface area contributed by atoms with Crippen LogP contribution in [-0.2, 0) is 0 Å². The molecule has 0 aliphatic heterocycles. The van der Waals surface area contributed by atoms with E-state index >= 15 is 0 Å². The number of ketones is 1. The molecule has 0 aromatic heterocycles. The molecule has 94 valence electrons. The first-order chi connectivity index (χ1) is 9.24. The number of carbonyl (C=O) groups is 1. The minimum absolute atomic E-state index is 0.0172. The van der Waals surface area contributed by atoms with Crippen LogP contribution in [0.2, 0.25) is 0 Å². The van der Waals surface area contributed by atoms with Crippen LogP contribution in [0.25, 0.3) is 5.57 Å². The Bertz CT molecular complexity index is 636.